The first-order valence-electron chi connectivity index (χ1n) is 6.06. The van der Waals surface area contributed by atoms with Crippen molar-refractivity contribution in [2.75, 3.05) is 6.61 Å². The van der Waals surface area contributed by atoms with Gasteiger partial charge in [0.25, 0.3) is 0 Å². The summed E-state index contributed by atoms with van der Waals surface area (Å²) in [5.41, 5.74) is 6.57. The smallest absolute Gasteiger partial charge is 0.147 e. The third kappa shape index (κ3) is 2.87. The third-order valence-corrected chi connectivity index (χ3v) is 4.48. The summed E-state index contributed by atoms with van der Waals surface area (Å²) in [5, 5.41) is 0.0778. The lowest BCUT2D eigenvalue weighted by Crippen LogP contribution is -2.31. The second-order valence-electron chi connectivity index (χ2n) is 4.55. The fraction of sp³-hybridized carbons (Fsp3) is 0.538. The van der Waals surface area contributed by atoms with Gasteiger partial charge in [-0.1, -0.05) is 17.7 Å². The first-order chi connectivity index (χ1) is 8.56. The highest BCUT2D eigenvalue weighted by molar-refractivity contribution is 9.10. The molecule has 2 rings (SSSR count). The number of nitrogens with two attached hydrogens (primary N) is 1. The number of hydrogen-bond acceptors (Lipinski definition) is 2. The van der Waals surface area contributed by atoms with Gasteiger partial charge < -0.3 is 10.5 Å². The largest absolute Gasteiger partial charge is 0.376 e. The molecule has 1 aliphatic rings. The Kier molecular flexibility index (Phi) is 4.64. The summed E-state index contributed by atoms with van der Waals surface area (Å²) in [7, 11) is 0. The van der Waals surface area contributed by atoms with E-state index in [9.17, 15) is 4.39 Å². The van der Waals surface area contributed by atoms with Crippen LogP contribution in [-0.2, 0) is 4.74 Å². The summed E-state index contributed by atoms with van der Waals surface area (Å²) in [6.07, 6.45) is 2.08. The molecule has 0 radical (unpaired) electrons. The van der Waals surface area contributed by atoms with E-state index in [0.717, 1.165) is 12.8 Å². The second kappa shape index (κ2) is 5.87. The van der Waals surface area contributed by atoms with Crippen LogP contribution in [0.15, 0.2) is 16.6 Å². The van der Waals surface area contributed by atoms with Gasteiger partial charge in [0, 0.05) is 16.6 Å². The number of benzene rings is 1. The normalized spacial score (nSPS) is 18.7. The van der Waals surface area contributed by atoms with Crippen molar-refractivity contribution in [1.29, 1.82) is 0 Å². The Morgan fingerprint density at radius 1 is 1.56 bits per heavy atom. The summed E-state index contributed by atoms with van der Waals surface area (Å²) in [5.74, 6) is -0.00864. The van der Waals surface area contributed by atoms with E-state index in [4.69, 9.17) is 22.1 Å². The van der Waals surface area contributed by atoms with Crippen LogP contribution in [0.3, 0.4) is 0 Å². The van der Waals surface area contributed by atoms with Crippen LogP contribution in [0.1, 0.15) is 31.4 Å². The zero-order valence-corrected chi connectivity index (χ0v) is 12.5. The molecule has 100 valence electrons. The van der Waals surface area contributed by atoms with Gasteiger partial charge >= 0.3 is 0 Å². The molecule has 0 aliphatic heterocycles. The molecule has 1 aromatic carbocycles. The molecule has 1 fully saturated rings. The maximum absolute atomic E-state index is 14.1. The van der Waals surface area contributed by atoms with E-state index in [2.05, 4.69) is 15.9 Å². The van der Waals surface area contributed by atoms with Crippen molar-refractivity contribution in [1.82, 2.24) is 0 Å². The first-order valence-corrected chi connectivity index (χ1v) is 7.24. The van der Waals surface area contributed by atoms with E-state index in [1.165, 1.54) is 0 Å². The zero-order chi connectivity index (χ0) is 13.3. The minimum Gasteiger partial charge on any atom is -0.376 e. The number of rotatable bonds is 5. The summed E-state index contributed by atoms with van der Waals surface area (Å²) in [4.78, 5) is 0. The molecule has 5 heteroatoms. The predicted octanol–water partition coefficient (Wildman–Crippen LogP) is 4.06. The highest BCUT2D eigenvalue weighted by atomic mass is 79.9. The molecular formula is C13H16BrClFNO. The Morgan fingerprint density at radius 2 is 2.22 bits per heavy atom. The Balaban J connectivity index is 2.26. The van der Waals surface area contributed by atoms with Crippen LogP contribution in [0.2, 0.25) is 5.02 Å². The van der Waals surface area contributed by atoms with Crippen LogP contribution in [0, 0.1) is 11.7 Å². The molecule has 1 aliphatic carbocycles. The van der Waals surface area contributed by atoms with Gasteiger partial charge in [0.1, 0.15) is 5.82 Å². The molecule has 2 nitrogen and oxygen atoms in total. The standard InChI is InChI=1S/C13H16BrClFNO/c1-2-18-13(7-3-4-7)12(17)8-5-6-9(14)10(15)11(8)16/h5-7,12-13H,2-4,17H2,1H3. The molecule has 2 unspecified atom stereocenters. The summed E-state index contributed by atoms with van der Waals surface area (Å²) in [6.45, 7) is 2.51. The first kappa shape index (κ1) is 14.3. The van der Waals surface area contributed by atoms with Gasteiger partial charge in [0.2, 0.25) is 0 Å². The van der Waals surface area contributed by atoms with Gasteiger partial charge in [-0.05, 0) is 47.7 Å². The number of hydrogen-bond donors (Lipinski definition) is 1. The molecular weight excluding hydrogens is 321 g/mol. The SMILES string of the molecule is CCOC(C1CC1)C(N)c1ccc(Br)c(Cl)c1F. The molecule has 2 atom stereocenters. The number of ether oxygens (including phenoxy) is 1. The van der Waals surface area contributed by atoms with Crippen molar-refractivity contribution in [2.45, 2.75) is 31.9 Å². The van der Waals surface area contributed by atoms with Gasteiger partial charge in [0.15, 0.2) is 0 Å². The molecule has 0 aromatic heterocycles. The van der Waals surface area contributed by atoms with Gasteiger partial charge in [-0.2, -0.15) is 0 Å². The Morgan fingerprint density at radius 3 is 2.78 bits per heavy atom. The van der Waals surface area contributed by atoms with Crippen molar-refractivity contribution in [2.24, 2.45) is 11.7 Å². The Hall–Kier alpha value is -0.160. The van der Waals surface area contributed by atoms with Crippen LogP contribution < -0.4 is 5.73 Å². The van der Waals surface area contributed by atoms with E-state index in [1.54, 1.807) is 12.1 Å². The number of halogens is 3. The minimum absolute atomic E-state index is 0.0778. The minimum atomic E-state index is -0.469. The third-order valence-electron chi connectivity index (χ3n) is 3.22. The van der Waals surface area contributed by atoms with E-state index >= 15 is 0 Å². The lowest BCUT2D eigenvalue weighted by Gasteiger charge is -2.24. The molecule has 18 heavy (non-hydrogen) atoms. The van der Waals surface area contributed by atoms with Crippen molar-refractivity contribution in [3.63, 3.8) is 0 Å². The molecule has 0 spiro atoms. The van der Waals surface area contributed by atoms with E-state index < -0.39 is 11.9 Å². The van der Waals surface area contributed by atoms with Crippen LogP contribution in [0.5, 0.6) is 0 Å². The highest BCUT2D eigenvalue weighted by Crippen LogP contribution is 2.40. The molecule has 0 bridgehead atoms. The zero-order valence-electron chi connectivity index (χ0n) is 10.1. The maximum Gasteiger partial charge on any atom is 0.147 e. The molecule has 1 saturated carbocycles. The maximum atomic E-state index is 14.1. The topological polar surface area (TPSA) is 35.2 Å². The summed E-state index contributed by atoms with van der Waals surface area (Å²) >= 11 is 9.08. The van der Waals surface area contributed by atoms with Crippen LogP contribution in [-0.4, -0.2) is 12.7 Å². The predicted molar refractivity (Wildman–Crippen MR) is 74.2 cm³/mol. The molecule has 0 amide bonds. The van der Waals surface area contributed by atoms with Crippen molar-refractivity contribution in [3.05, 3.63) is 33.0 Å². The average Bonchev–Trinajstić information content (AvgIpc) is 3.17. The molecule has 0 heterocycles. The van der Waals surface area contributed by atoms with Gasteiger partial charge in [-0.3, -0.25) is 0 Å². The average molecular weight is 337 g/mol. The van der Waals surface area contributed by atoms with E-state index in [1.807, 2.05) is 6.92 Å². The lowest BCUT2D eigenvalue weighted by atomic mass is 9.98. The fourth-order valence-corrected chi connectivity index (χ4v) is 2.60. The monoisotopic (exact) mass is 335 g/mol. The lowest BCUT2D eigenvalue weighted by molar-refractivity contribution is 0.0275. The van der Waals surface area contributed by atoms with Crippen molar-refractivity contribution < 1.29 is 9.13 Å². The van der Waals surface area contributed by atoms with Gasteiger partial charge in [0.05, 0.1) is 17.2 Å². The molecule has 0 saturated heterocycles. The molecule has 1 aromatic rings. The van der Waals surface area contributed by atoms with Crippen molar-refractivity contribution >= 4 is 27.5 Å². The van der Waals surface area contributed by atoms with Crippen molar-refractivity contribution in [3.8, 4) is 0 Å². The van der Waals surface area contributed by atoms with Gasteiger partial charge in [-0.15, -0.1) is 0 Å². The Bertz CT molecular complexity index is 439. The quantitative estimate of drug-likeness (QED) is 0.823. The van der Waals surface area contributed by atoms with Gasteiger partial charge in [-0.25, -0.2) is 4.39 Å². The summed E-state index contributed by atoms with van der Waals surface area (Å²) < 4.78 is 20.3. The highest BCUT2D eigenvalue weighted by Gasteiger charge is 2.37. The van der Waals surface area contributed by atoms with Crippen LogP contribution in [0.4, 0.5) is 4.39 Å². The Labute approximate surface area is 120 Å². The van der Waals surface area contributed by atoms with Crippen LogP contribution in [0.25, 0.3) is 0 Å². The van der Waals surface area contributed by atoms with E-state index in [0.29, 0.717) is 22.6 Å². The second-order valence-corrected chi connectivity index (χ2v) is 5.78. The summed E-state index contributed by atoms with van der Waals surface area (Å²) in [6, 6.07) is 2.92. The van der Waals surface area contributed by atoms with E-state index in [-0.39, 0.29) is 11.1 Å². The fourth-order valence-electron chi connectivity index (χ4n) is 2.13. The van der Waals surface area contributed by atoms with Crippen LogP contribution >= 0.6 is 27.5 Å². The molecule has 2 N–H and O–H groups in total.